The zero-order valence-corrected chi connectivity index (χ0v) is 11.9. The first-order valence-electron chi connectivity index (χ1n) is 7.51. The smallest absolute Gasteiger partial charge is 0.193 e. The van der Waals surface area contributed by atoms with E-state index in [9.17, 15) is 4.79 Å². The monoisotopic (exact) mass is 264 g/mol. The third kappa shape index (κ3) is 2.53. The van der Waals surface area contributed by atoms with Gasteiger partial charge in [-0.3, -0.25) is 4.79 Å². The van der Waals surface area contributed by atoms with E-state index in [2.05, 4.69) is 19.1 Å². The van der Waals surface area contributed by atoms with Crippen molar-refractivity contribution in [2.24, 2.45) is 0 Å². The minimum atomic E-state index is 0.118. The van der Waals surface area contributed by atoms with Crippen LogP contribution >= 0.6 is 0 Å². The number of carbonyl (C=O) groups is 1. The van der Waals surface area contributed by atoms with E-state index in [1.807, 2.05) is 36.4 Å². The van der Waals surface area contributed by atoms with E-state index >= 15 is 0 Å². The Labute approximate surface area is 120 Å². The second kappa shape index (κ2) is 5.62. The summed E-state index contributed by atoms with van der Waals surface area (Å²) in [6.45, 7) is 2.12. The minimum absolute atomic E-state index is 0.118. The number of hydrogen-bond donors (Lipinski definition) is 0. The number of ketones is 1. The Kier molecular flexibility index (Phi) is 3.68. The zero-order chi connectivity index (χ0) is 13.9. The Hall–Kier alpha value is -1.89. The Morgan fingerprint density at radius 3 is 1.95 bits per heavy atom. The minimum Gasteiger partial charge on any atom is -0.289 e. The van der Waals surface area contributed by atoms with Gasteiger partial charge >= 0.3 is 0 Å². The lowest BCUT2D eigenvalue weighted by Gasteiger charge is -2.25. The molecule has 0 aliphatic heterocycles. The molecule has 0 amide bonds. The zero-order valence-electron chi connectivity index (χ0n) is 11.9. The van der Waals surface area contributed by atoms with E-state index in [-0.39, 0.29) is 5.78 Å². The van der Waals surface area contributed by atoms with Gasteiger partial charge in [0.25, 0.3) is 0 Å². The molecule has 0 heterocycles. The third-order valence-corrected chi connectivity index (χ3v) is 4.37. The SMILES string of the molecule is CCc1ccc(C(=O)c2ccc(C3CCC3)cc2)cc1. The highest BCUT2D eigenvalue weighted by atomic mass is 16.1. The van der Waals surface area contributed by atoms with Gasteiger partial charge in [0, 0.05) is 11.1 Å². The lowest BCUT2D eigenvalue weighted by molar-refractivity contribution is 0.103. The molecule has 0 spiro atoms. The van der Waals surface area contributed by atoms with Crippen molar-refractivity contribution in [3.8, 4) is 0 Å². The fourth-order valence-corrected chi connectivity index (χ4v) is 2.71. The van der Waals surface area contributed by atoms with Gasteiger partial charge in [0.1, 0.15) is 0 Å². The molecule has 0 N–H and O–H groups in total. The first-order chi connectivity index (χ1) is 9.78. The molecule has 0 radical (unpaired) electrons. The van der Waals surface area contributed by atoms with Gasteiger partial charge in [-0.1, -0.05) is 61.9 Å². The van der Waals surface area contributed by atoms with Crippen LogP contribution in [0.2, 0.25) is 0 Å². The molecular weight excluding hydrogens is 244 g/mol. The molecule has 1 aliphatic carbocycles. The fourth-order valence-electron chi connectivity index (χ4n) is 2.71. The van der Waals surface area contributed by atoms with E-state index in [1.165, 1.54) is 30.4 Å². The summed E-state index contributed by atoms with van der Waals surface area (Å²) in [5.41, 5.74) is 4.21. The lowest BCUT2D eigenvalue weighted by atomic mass is 9.80. The Morgan fingerprint density at radius 1 is 0.950 bits per heavy atom. The Balaban J connectivity index is 1.78. The highest BCUT2D eigenvalue weighted by Gasteiger charge is 2.19. The highest BCUT2D eigenvalue weighted by Crippen LogP contribution is 2.36. The maximum Gasteiger partial charge on any atom is 0.193 e. The summed E-state index contributed by atoms with van der Waals surface area (Å²) in [5.74, 6) is 0.843. The number of benzene rings is 2. The van der Waals surface area contributed by atoms with Gasteiger partial charge in [-0.15, -0.1) is 0 Å². The number of carbonyl (C=O) groups excluding carboxylic acids is 1. The van der Waals surface area contributed by atoms with Crippen LogP contribution in [0.15, 0.2) is 48.5 Å². The predicted molar refractivity (Wildman–Crippen MR) is 82.3 cm³/mol. The summed E-state index contributed by atoms with van der Waals surface area (Å²) in [6, 6.07) is 16.1. The van der Waals surface area contributed by atoms with E-state index < -0.39 is 0 Å². The van der Waals surface area contributed by atoms with E-state index in [4.69, 9.17) is 0 Å². The number of rotatable bonds is 4. The van der Waals surface area contributed by atoms with Crippen LogP contribution in [-0.2, 0) is 6.42 Å². The summed E-state index contributed by atoms with van der Waals surface area (Å²) < 4.78 is 0. The molecule has 0 saturated heterocycles. The third-order valence-electron chi connectivity index (χ3n) is 4.37. The second-order valence-electron chi connectivity index (χ2n) is 5.63. The van der Waals surface area contributed by atoms with Crippen molar-refractivity contribution in [3.63, 3.8) is 0 Å². The quantitative estimate of drug-likeness (QED) is 0.728. The van der Waals surface area contributed by atoms with Gasteiger partial charge in [0.2, 0.25) is 0 Å². The van der Waals surface area contributed by atoms with Crippen molar-refractivity contribution in [1.82, 2.24) is 0 Å². The number of aryl methyl sites for hydroxylation is 1. The van der Waals surface area contributed by atoms with E-state index in [1.54, 1.807) is 0 Å². The van der Waals surface area contributed by atoms with Gasteiger partial charge in [-0.25, -0.2) is 0 Å². The summed E-state index contributed by atoms with van der Waals surface area (Å²) in [7, 11) is 0. The van der Waals surface area contributed by atoms with Crippen LogP contribution in [0.3, 0.4) is 0 Å². The molecule has 1 nitrogen and oxygen atoms in total. The van der Waals surface area contributed by atoms with Gasteiger partial charge in [0.15, 0.2) is 5.78 Å². The van der Waals surface area contributed by atoms with Crippen molar-refractivity contribution < 1.29 is 4.79 Å². The molecule has 3 rings (SSSR count). The van der Waals surface area contributed by atoms with Crippen molar-refractivity contribution in [2.75, 3.05) is 0 Å². The van der Waals surface area contributed by atoms with E-state index in [0.29, 0.717) is 0 Å². The summed E-state index contributed by atoms with van der Waals surface area (Å²) in [4.78, 5) is 12.4. The van der Waals surface area contributed by atoms with Crippen LogP contribution < -0.4 is 0 Å². The maximum absolute atomic E-state index is 12.4. The van der Waals surface area contributed by atoms with Gasteiger partial charge in [-0.2, -0.15) is 0 Å². The Morgan fingerprint density at radius 2 is 1.50 bits per heavy atom. The second-order valence-corrected chi connectivity index (χ2v) is 5.63. The molecule has 0 atom stereocenters. The molecule has 2 aromatic carbocycles. The first-order valence-corrected chi connectivity index (χ1v) is 7.51. The molecule has 102 valence electrons. The largest absolute Gasteiger partial charge is 0.289 e. The molecule has 1 aliphatic rings. The van der Waals surface area contributed by atoms with Gasteiger partial charge < -0.3 is 0 Å². The van der Waals surface area contributed by atoms with Crippen LogP contribution in [0, 0.1) is 0 Å². The van der Waals surface area contributed by atoms with Crippen molar-refractivity contribution in [2.45, 2.75) is 38.5 Å². The van der Waals surface area contributed by atoms with Crippen LogP contribution in [0.5, 0.6) is 0 Å². The molecule has 20 heavy (non-hydrogen) atoms. The maximum atomic E-state index is 12.4. The number of hydrogen-bond acceptors (Lipinski definition) is 1. The molecule has 1 fully saturated rings. The van der Waals surface area contributed by atoms with Crippen LogP contribution in [-0.4, -0.2) is 5.78 Å². The summed E-state index contributed by atoms with van der Waals surface area (Å²) in [6.07, 6.45) is 4.94. The molecular formula is C19H20O. The average Bonchev–Trinajstić information content (AvgIpc) is 2.46. The average molecular weight is 264 g/mol. The molecule has 0 unspecified atom stereocenters. The van der Waals surface area contributed by atoms with E-state index in [0.717, 1.165) is 23.5 Å². The van der Waals surface area contributed by atoms with Crippen molar-refractivity contribution in [1.29, 1.82) is 0 Å². The van der Waals surface area contributed by atoms with Gasteiger partial charge in [0.05, 0.1) is 0 Å². The molecule has 1 saturated carbocycles. The lowest BCUT2D eigenvalue weighted by Crippen LogP contribution is -2.09. The standard InChI is InChI=1S/C19H20O/c1-2-14-6-8-17(9-7-14)19(20)18-12-10-16(11-13-18)15-4-3-5-15/h6-13,15H,2-5H2,1H3. The van der Waals surface area contributed by atoms with Crippen LogP contribution in [0.4, 0.5) is 0 Å². The molecule has 1 heteroatoms. The first kappa shape index (κ1) is 13.1. The van der Waals surface area contributed by atoms with Gasteiger partial charge in [-0.05, 0) is 36.3 Å². The summed E-state index contributed by atoms with van der Waals surface area (Å²) in [5, 5.41) is 0. The molecule has 2 aromatic rings. The Bertz CT molecular complexity index is 589. The highest BCUT2D eigenvalue weighted by molar-refractivity contribution is 6.09. The molecule has 0 bridgehead atoms. The topological polar surface area (TPSA) is 17.1 Å². The normalized spacial score (nSPS) is 14.8. The fraction of sp³-hybridized carbons (Fsp3) is 0.316. The van der Waals surface area contributed by atoms with Crippen molar-refractivity contribution >= 4 is 5.78 Å². The van der Waals surface area contributed by atoms with Crippen molar-refractivity contribution in [3.05, 3.63) is 70.8 Å². The van der Waals surface area contributed by atoms with Crippen LogP contribution in [0.25, 0.3) is 0 Å². The molecule has 0 aromatic heterocycles. The van der Waals surface area contributed by atoms with Crippen LogP contribution in [0.1, 0.15) is 59.2 Å². The predicted octanol–water partition coefficient (Wildman–Crippen LogP) is 4.75. The summed E-state index contributed by atoms with van der Waals surface area (Å²) >= 11 is 0.